The number of hydrogen-bond donors (Lipinski definition) is 1. The molecule has 0 aromatic heterocycles. The van der Waals surface area contributed by atoms with E-state index >= 15 is 0 Å². The van der Waals surface area contributed by atoms with Gasteiger partial charge in [0.15, 0.2) is 0 Å². The Balaban J connectivity index is 2.27. The summed E-state index contributed by atoms with van der Waals surface area (Å²) in [6.45, 7) is 7.82. The van der Waals surface area contributed by atoms with Gasteiger partial charge >= 0.3 is 6.09 Å². The Morgan fingerprint density at radius 2 is 1.89 bits per heavy atom. The number of nitrogens with one attached hydrogen (secondary N) is 1. The van der Waals surface area contributed by atoms with E-state index in [0.29, 0.717) is 5.92 Å². The molecule has 3 heteroatoms. The first-order chi connectivity index (χ1) is 8.40. The second kappa shape index (κ2) is 6.81. The minimum atomic E-state index is -0.412. The van der Waals surface area contributed by atoms with Crippen molar-refractivity contribution in [1.29, 1.82) is 0 Å². The molecular weight excluding hydrogens is 226 g/mol. The average Bonchev–Trinajstić information content (AvgIpc) is 2.25. The minimum Gasteiger partial charge on any atom is -0.444 e. The summed E-state index contributed by atoms with van der Waals surface area (Å²) in [6.07, 6.45) is 9.82. The standard InChI is InChI=1S/C15H27NO2/c1-5-6-7-12-8-10-13(11-9-12)16-14(17)18-15(2,3)4/h6-7,12-13H,5,8-11H2,1-4H3,(H,16,17)/b7-6-/t12-,13+. The number of alkyl carbamates (subject to hydrolysis) is 1. The van der Waals surface area contributed by atoms with Crippen molar-refractivity contribution in [2.75, 3.05) is 0 Å². The second-order valence-corrected chi connectivity index (χ2v) is 6.09. The molecule has 0 aliphatic heterocycles. The molecule has 0 atom stereocenters. The van der Waals surface area contributed by atoms with Crippen LogP contribution in [-0.4, -0.2) is 17.7 Å². The minimum absolute atomic E-state index is 0.282. The predicted octanol–water partition coefficient (Wildman–Crippen LogP) is 4.04. The molecule has 0 aromatic rings. The molecule has 1 saturated carbocycles. The summed E-state index contributed by atoms with van der Waals surface area (Å²) >= 11 is 0. The number of carbonyl (C=O) groups is 1. The van der Waals surface area contributed by atoms with Gasteiger partial charge in [-0.3, -0.25) is 0 Å². The molecule has 1 rings (SSSR count). The third kappa shape index (κ3) is 6.08. The molecule has 0 unspecified atom stereocenters. The molecule has 1 aliphatic rings. The first kappa shape index (κ1) is 15.1. The van der Waals surface area contributed by atoms with E-state index in [0.717, 1.165) is 32.1 Å². The van der Waals surface area contributed by atoms with Crippen LogP contribution in [0.3, 0.4) is 0 Å². The first-order valence-electron chi connectivity index (χ1n) is 7.07. The van der Waals surface area contributed by atoms with Crippen LogP contribution in [-0.2, 0) is 4.74 Å². The van der Waals surface area contributed by atoms with Crippen LogP contribution in [0.5, 0.6) is 0 Å². The van der Waals surface area contributed by atoms with E-state index in [9.17, 15) is 4.79 Å². The average molecular weight is 253 g/mol. The number of rotatable bonds is 3. The zero-order valence-corrected chi connectivity index (χ0v) is 12.2. The van der Waals surface area contributed by atoms with Crippen molar-refractivity contribution < 1.29 is 9.53 Å². The van der Waals surface area contributed by atoms with Crippen molar-refractivity contribution in [3.8, 4) is 0 Å². The largest absolute Gasteiger partial charge is 0.444 e. The molecule has 0 spiro atoms. The van der Waals surface area contributed by atoms with Crippen molar-refractivity contribution in [3.05, 3.63) is 12.2 Å². The van der Waals surface area contributed by atoms with E-state index in [2.05, 4.69) is 24.4 Å². The molecule has 3 nitrogen and oxygen atoms in total. The molecule has 1 N–H and O–H groups in total. The molecule has 18 heavy (non-hydrogen) atoms. The zero-order chi connectivity index (χ0) is 13.6. The lowest BCUT2D eigenvalue weighted by atomic mass is 9.86. The van der Waals surface area contributed by atoms with Gasteiger partial charge in [-0.05, 0) is 58.8 Å². The summed E-state index contributed by atoms with van der Waals surface area (Å²) in [6, 6.07) is 0.283. The van der Waals surface area contributed by atoms with Crippen molar-refractivity contribution in [3.63, 3.8) is 0 Å². The highest BCUT2D eigenvalue weighted by Crippen LogP contribution is 2.25. The van der Waals surface area contributed by atoms with Crippen LogP contribution in [0.1, 0.15) is 59.8 Å². The van der Waals surface area contributed by atoms with Gasteiger partial charge in [-0.25, -0.2) is 4.79 Å². The van der Waals surface area contributed by atoms with Crippen LogP contribution in [0.2, 0.25) is 0 Å². The van der Waals surface area contributed by atoms with E-state index < -0.39 is 5.60 Å². The Bertz CT molecular complexity index is 283. The van der Waals surface area contributed by atoms with Crippen LogP contribution in [0.4, 0.5) is 4.79 Å². The van der Waals surface area contributed by atoms with Gasteiger partial charge in [0.2, 0.25) is 0 Å². The van der Waals surface area contributed by atoms with Gasteiger partial charge in [0.05, 0.1) is 0 Å². The monoisotopic (exact) mass is 253 g/mol. The molecule has 0 aromatic carbocycles. The van der Waals surface area contributed by atoms with Crippen LogP contribution in [0.25, 0.3) is 0 Å². The Kier molecular flexibility index (Phi) is 5.70. The third-order valence-corrected chi connectivity index (χ3v) is 3.14. The third-order valence-electron chi connectivity index (χ3n) is 3.14. The van der Waals surface area contributed by atoms with Crippen molar-refractivity contribution in [2.24, 2.45) is 5.92 Å². The summed E-state index contributed by atoms with van der Waals surface area (Å²) in [5, 5.41) is 2.97. The highest BCUT2D eigenvalue weighted by molar-refractivity contribution is 5.68. The normalized spacial score (nSPS) is 25.1. The topological polar surface area (TPSA) is 38.3 Å². The maximum atomic E-state index is 11.6. The summed E-state index contributed by atoms with van der Waals surface area (Å²) in [4.78, 5) is 11.6. The maximum Gasteiger partial charge on any atom is 0.407 e. The molecule has 1 aliphatic carbocycles. The summed E-state index contributed by atoms with van der Waals surface area (Å²) < 4.78 is 5.27. The summed E-state index contributed by atoms with van der Waals surface area (Å²) in [7, 11) is 0. The van der Waals surface area contributed by atoms with Gasteiger partial charge in [0, 0.05) is 6.04 Å². The van der Waals surface area contributed by atoms with Crippen molar-refractivity contribution >= 4 is 6.09 Å². The van der Waals surface area contributed by atoms with Gasteiger partial charge in [-0.1, -0.05) is 19.1 Å². The van der Waals surface area contributed by atoms with Gasteiger partial charge in [0.25, 0.3) is 0 Å². The number of carbonyl (C=O) groups excluding carboxylic acids is 1. The number of ether oxygens (including phenoxy) is 1. The van der Waals surface area contributed by atoms with Gasteiger partial charge in [0.1, 0.15) is 5.60 Å². The molecule has 0 heterocycles. The van der Waals surface area contributed by atoms with Gasteiger partial charge in [-0.2, -0.15) is 0 Å². The van der Waals surface area contributed by atoms with Crippen molar-refractivity contribution in [1.82, 2.24) is 5.32 Å². The fourth-order valence-electron chi connectivity index (χ4n) is 2.26. The molecule has 0 radical (unpaired) electrons. The van der Waals surface area contributed by atoms with Crippen LogP contribution >= 0.6 is 0 Å². The maximum absolute atomic E-state index is 11.6. The zero-order valence-electron chi connectivity index (χ0n) is 12.2. The Morgan fingerprint density at radius 1 is 1.28 bits per heavy atom. The van der Waals surface area contributed by atoms with Gasteiger partial charge < -0.3 is 10.1 Å². The van der Waals surface area contributed by atoms with E-state index in [1.54, 1.807) is 0 Å². The fraction of sp³-hybridized carbons (Fsp3) is 0.800. The van der Waals surface area contributed by atoms with Crippen LogP contribution in [0, 0.1) is 5.92 Å². The molecular formula is C15H27NO2. The lowest BCUT2D eigenvalue weighted by molar-refractivity contribution is 0.0490. The number of amides is 1. The fourth-order valence-corrected chi connectivity index (χ4v) is 2.26. The highest BCUT2D eigenvalue weighted by Gasteiger charge is 2.23. The van der Waals surface area contributed by atoms with E-state index in [4.69, 9.17) is 4.74 Å². The Hall–Kier alpha value is -0.990. The molecule has 1 amide bonds. The second-order valence-electron chi connectivity index (χ2n) is 6.09. The number of allylic oxidation sites excluding steroid dienone is 2. The van der Waals surface area contributed by atoms with E-state index in [1.165, 1.54) is 0 Å². The van der Waals surface area contributed by atoms with Gasteiger partial charge in [-0.15, -0.1) is 0 Å². The van der Waals surface area contributed by atoms with Crippen LogP contribution < -0.4 is 5.32 Å². The Labute approximate surface area is 111 Å². The summed E-state index contributed by atoms with van der Waals surface area (Å²) in [5.74, 6) is 0.696. The van der Waals surface area contributed by atoms with Crippen molar-refractivity contribution in [2.45, 2.75) is 71.4 Å². The molecule has 0 saturated heterocycles. The molecule has 1 fully saturated rings. The molecule has 0 bridgehead atoms. The first-order valence-corrected chi connectivity index (χ1v) is 7.07. The smallest absolute Gasteiger partial charge is 0.407 e. The van der Waals surface area contributed by atoms with E-state index in [1.807, 2.05) is 20.8 Å². The predicted molar refractivity (Wildman–Crippen MR) is 74.5 cm³/mol. The number of hydrogen-bond acceptors (Lipinski definition) is 2. The van der Waals surface area contributed by atoms with Crippen LogP contribution in [0.15, 0.2) is 12.2 Å². The lowest BCUT2D eigenvalue weighted by Gasteiger charge is -2.28. The Morgan fingerprint density at radius 3 is 2.39 bits per heavy atom. The summed E-state index contributed by atoms with van der Waals surface area (Å²) in [5.41, 5.74) is -0.412. The molecule has 104 valence electrons. The van der Waals surface area contributed by atoms with E-state index in [-0.39, 0.29) is 12.1 Å². The SMILES string of the molecule is CC/C=C\[C@H]1CC[C@@H](NC(=O)OC(C)(C)C)CC1. The quantitative estimate of drug-likeness (QED) is 0.771. The highest BCUT2D eigenvalue weighted by atomic mass is 16.6. The lowest BCUT2D eigenvalue weighted by Crippen LogP contribution is -2.40.